The van der Waals surface area contributed by atoms with Gasteiger partial charge in [-0.3, -0.25) is 15.0 Å². The molecule has 0 radical (unpaired) electrons. The van der Waals surface area contributed by atoms with Crippen LogP contribution in [0.25, 0.3) is 0 Å². The van der Waals surface area contributed by atoms with Gasteiger partial charge in [0.1, 0.15) is 12.0 Å². The molecule has 8 heteroatoms. The van der Waals surface area contributed by atoms with Crippen LogP contribution < -0.4 is 4.90 Å². The Morgan fingerprint density at radius 2 is 2.04 bits per heavy atom. The van der Waals surface area contributed by atoms with Crippen molar-refractivity contribution in [2.45, 2.75) is 13.2 Å². The Balaban J connectivity index is 1.70. The van der Waals surface area contributed by atoms with Crippen molar-refractivity contribution in [1.29, 1.82) is 0 Å². The lowest BCUT2D eigenvalue weighted by Gasteiger charge is -2.35. The van der Waals surface area contributed by atoms with E-state index in [1.165, 1.54) is 6.07 Å². The largest absolute Gasteiger partial charge is 0.392 e. The Hall–Kier alpha value is -2.45. The zero-order valence-corrected chi connectivity index (χ0v) is 12.6. The van der Waals surface area contributed by atoms with Crippen LogP contribution in [0.1, 0.15) is 11.3 Å². The summed E-state index contributed by atoms with van der Waals surface area (Å²) in [6, 6.07) is 6.58. The van der Waals surface area contributed by atoms with Crippen LogP contribution in [0.3, 0.4) is 0 Å². The topological polar surface area (TPSA) is 95.9 Å². The van der Waals surface area contributed by atoms with E-state index in [1.807, 2.05) is 11.0 Å². The van der Waals surface area contributed by atoms with Gasteiger partial charge in [0.15, 0.2) is 0 Å². The minimum atomic E-state index is -0.377. The fourth-order valence-electron chi connectivity index (χ4n) is 2.77. The Morgan fingerprint density at radius 1 is 1.26 bits per heavy atom. The van der Waals surface area contributed by atoms with Crippen LogP contribution in [0.5, 0.6) is 0 Å². The van der Waals surface area contributed by atoms with E-state index in [0.29, 0.717) is 30.9 Å². The summed E-state index contributed by atoms with van der Waals surface area (Å²) in [5, 5.41) is 24.4. The second kappa shape index (κ2) is 6.76. The van der Waals surface area contributed by atoms with E-state index in [4.69, 9.17) is 4.52 Å². The summed E-state index contributed by atoms with van der Waals surface area (Å²) < 4.78 is 4.83. The van der Waals surface area contributed by atoms with Crippen molar-refractivity contribution in [3.8, 4) is 0 Å². The summed E-state index contributed by atoms with van der Waals surface area (Å²) in [4.78, 5) is 15.1. The van der Waals surface area contributed by atoms with Gasteiger partial charge in [0.05, 0.1) is 17.2 Å². The fourth-order valence-corrected chi connectivity index (χ4v) is 2.77. The van der Waals surface area contributed by atoms with Crippen molar-refractivity contribution < 1.29 is 14.6 Å². The molecule has 1 N–H and O–H groups in total. The monoisotopic (exact) mass is 318 g/mol. The molecule has 0 amide bonds. The van der Waals surface area contributed by atoms with Crippen LogP contribution >= 0.6 is 0 Å². The average Bonchev–Trinajstić information content (AvgIpc) is 3.08. The molecule has 122 valence electrons. The van der Waals surface area contributed by atoms with Crippen LogP contribution in [0.4, 0.5) is 11.4 Å². The normalized spacial score (nSPS) is 15.8. The van der Waals surface area contributed by atoms with E-state index in [0.717, 1.165) is 18.8 Å². The Bertz CT molecular complexity index is 666. The zero-order chi connectivity index (χ0) is 16.2. The highest BCUT2D eigenvalue weighted by atomic mass is 16.6. The van der Waals surface area contributed by atoms with Crippen LogP contribution in [0.15, 0.2) is 35.1 Å². The molecule has 1 aliphatic heterocycles. The van der Waals surface area contributed by atoms with Gasteiger partial charge < -0.3 is 14.5 Å². The van der Waals surface area contributed by atoms with Crippen molar-refractivity contribution >= 4 is 11.4 Å². The molecule has 1 fully saturated rings. The molecule has 8 nitrogen and oxygen atoms in total. The first-order valence-corrected chi connectivity index (χ1v) is 7.42. The maximum atomic E-state index is 11.2. The molecule has 2 aromatic rings. The highest BCUT2D eigenvalue weighted by molar-refractivity contribution is 5.64. The molecular weight excluding hydrogens is 300 g/mol. The molecule has 23 heavy (non-hydrogen) atoms. The molecule has 0 saturated carbocycles. The number of hydrogen-bond acceptors (Lipinski definition) is 7. The molecule has 0 aliphatic carbocycles. The Labute approximate surface area is 133 Å². The maximum absolute atomic E-state index is 11.2. The van der Waals surface area contributed by atoms with Gasteiger partial charge in [-0.2, -0.15) is 0 Å². The number of rotatable bonds is 5. The number of aliphatic hydroxyl groups is 1. The standard InChI is InChI=1S/C15H18N4O4/c20-11-12-1-2-14(19(21)22)15(9-12)18-6-4-17(5-7-18)10-13-3-8-23-16-13/h1-3,8-9,20H,4-7,10-11H2. The Kier molecular flexibility index (Phi) is 4.54. The molecule has 0 atom stereocenters. The SMILES string of the molecule is O=[N+]([O-])c1ccc(CO)cc1N1CCN(Cc2ccon2)CC1. The van der Waals surface area contributed by atoms with Gasteiger partial charge in [-0.15, -0.1) is 0 Å². The summed E-state index contributed by atoms with van der Waals surface area (Å²) in [5.41, 5.74) is 2.21. The van der Waals surface area contributed by atoms with Gasteiger partial charge in [0.25, 0.3) is 5.69 Å². The number of hydrogen-bond donors (Lipinski definition) is 1. The molecule has 1 aliphatic rings. The number of anilines is 1. The maximum Gasteiger partial charge on any atom is 0.292 e. The van der Waals surface area contributed by atoms with Crippen molar-refractivity contribution in [3.05, 3.63) is 51.9 Å². The number of nitro groups is 1. The van der Waals surface area contributed by atoms with E-state index in [-0.39, 0.29) is 17.2 Å². The zero-order valence-electron chi connectivity index (χ0n) is 12.6. The van der Waals surface area contributed by atoms with Crippen molar-refractivity contribution in [2.75, 3.05) is 31.1 Å². The fraction of sp³-hybridized carbons (Fsp3) is 0.400. The lowest BCUT2D eigenvalue weighted by atomic mass is 10.1. The Morgan fingerprint density at radius 3 is 2.65 bits per heavy atom. The van der Waals surface area contributed by atoms with Crippen LogP contribution in [0.2, 0.25) is 0 Å². The first kappa shape index (κ1) is 15.4. The number of aromatic nitrogens is 1. The minimum absolute atomic E-state index is 0.0761. The lowest BCUT2D eigenvalue weighted by molar-refractivity contribution is -0.384. The van der Waals surface area contributed by atoms with E-state index < -0.39 is 0 Å². The number of benzene rings is 1. The predicted octanol–water partition coefficient (Wildman–Crippen LogP) is 1.40. The van der Waals surface area contributed by atoms with Gasteiger partial charge in [-0.05, 0) is 17.7 Å². The molecule has 1 saturated heterocycles. The van der Waals surface area contributed by atoms with Crippen molar-refractivity contribution in [2.24, 2.45) is 0 Å². The van der Waals surface area contributed by atoms with E-state index in [2.05, 4.69) is 10.1 Å². The van der Waals surface area contributed by atoms with E-state index in [9.17, 15) is 15.2 Å². The van der Waals surface area contributed by atoms with E-state index >= 15 is 0 Å². The molecule has 0 bridgehead atoms. The number of aliphatic hydroxyl groups excluding tert-OH is 1. The summed E-state index contributed by atoms with van der Waals surface area (Å²) in [6.45, 7) is 3.53. The summed E-state index contributed by atoms with van der Waals surface area (Å²) in [5.74, 6) is 0. The van der Waals surface area contributed by atoms with Crippen LogP contribution in [-0.4, -0.2) is 46.3 Å². The van der Waals surface area contributed by atoms with Crippen LogP contribution in [-0.2, 0) is 13.2 Å². The van der Waals surface area contributed by atoms with Gasteiger partial charge >= 0.3 is 0 Å². The number of piperazine rings is 1. The number of nitrogens with zero attached hydrogens (tertiary/aromatic N) is 4. The van der Waals surface area contributed by atoms with Crippen LogP contribution in [0, 0.1) is 10.1 Å². The minimum Gasteiger partial charge on any atom is -0.392 e. The lowest BCUT2D eigenvalue weighted by Crippen LogP contribution is -2.46. The molecule has 2 heterocycles. The second-order valence-corrected chi connectivity index (χ2v) is 5.49. The summed E-state index contributed by atoms with van der Waals surface area (Å²) in [7, 11) is 0. The van der Waals surface area contributed by atoms with Gasteiger partial charge in [-0.25, -0.2) is 0 Å². The van der Waals surface area contributed by atoms with Gasteiger partial charge in [0.2, 0.25) is 0 Å². The smallest absolute Gasteiger partial charge is 0.292 e. The highest BCUT2D eigenvalue weighted by Gasteiger charge is 2.24. The molecular formula is C15H18N4O4. The second-order valence-electron chi connectivity index (χ2n) is 5.49. The van der Waals surface area contributed by atoms with E-state index in [1.54, 1.807) is 18.4 Å². The quantitative estimate of drug-likeness (QED) is 0.657. The van der Waals surface area contributed by atoms with Crippen molar-refractivity contribution in [1.82, 2.24) is 10.1 Å². The molecule has 3 rings (SSSR count). The van der Waals surface area contributed by atoms with Gasteiger partial charge in [0, 0.05) is 44.9 Å². The molecule has 0 unspecified atom stereocenters. The first-order valence-electron chi connectivity index (χ1n) is 7.42. The third-order valence-corrected chi connectivity index (χ3v) is 4.01. The molecule has 1 aromatic carbocycles. The number of nitro benzene ring substituents is 1. The van der Waals surface area contributed by atoms with Crippen molar-refractivity contribution in [3.63, 3.8) is 0 Å². The highest BCUT2D eigenvalue weighted by Crippen LogP contribution is 2.30. The average molecular weight is 318 g/mol. The third-order valence-electron chi connectivity index (χ3n) is 4.01. The molecule has 0 spiro atoms. The molecule has 1 aromatic heterocycles. The van der Waals surface area contributed by atoms with Gasteiger partial charge in [-0.1, -0.05) is 5.16 Å². The summed E-state index contributed by atoms with van der Waals surface area (Å²) >= 11 is 0. The third kappa shape index (κ3) is 3.49. The summed E-state index contributed by atoms with van der Waals surface area (Å²) in [6.07, 6.45) is 1.55. The first-order chi connectivity index (χ1) is 11.2. The predicted molar refractivity (Wildman–Crippen MR) is 83.0 cm³/mol.